The molecular formula is C14H17ClN2O2S2. The first kappa shape index (κ1) is 15.2. The topological polar surface area (TPSA) is 43.8 Å². The van der Waals surface area contributed by atoms with Gasteiger partial charge in [-0.1, -0.05) is 11.6 Å². The molecule has 114 valence electrons. The number of rotatable bonds is 3. The SMILES string of the molecule is CC(O)CN1CCN(C(=O)c2sc3sccc3c2Cl)CC1. The van der Waals surface area contributed by atoms with Crippen molar-refractivity contribution in [3.63, 3.8) is 0 Å². The van der Waals surface area contributed by atoms with Crippen LogP contribution in [0.4, 0.5) is 0 Å². The molecule has 0 aliphatic carbocycles. The van der Waals surface area contributed by atoms with Crippen molar-refractivity contribution in [3.8, 4) is 0 Å². The lowest BCUT2D eigenvalue weighted by Gasteiger charge is -2.35. The second-order valence-electron chi connectivity index (χ2n) is 5.31. The van der Waals surface area contributed by atoms with Gasteiger partial charge in [-0.2, -0.15) is 0 Å². The van der Waals surface area contributed by atoms with Crippen LogP contribution in [0.3, 0.4) is 0 Å². The van der Waals surface area contributed by atoms with E-state index in [1.54, 1.807) is 18.3 Å². The molecule has 1 fully saturated rings. The van der Waals surface area contributed by atoms with E-state index in [1.807, 2.05) is 16.3 Å². The monoisotopic (exact) mass is 344 g/mol. The molecule has 0 spiro atoms. The van der Waals surface area contributed by atoms with Crippen molar-refractivity contribution in [1.29, 1.82) is 0 Å². The van der Waals surface area contributed by atoms with E-state index in [4.69, 9.17) is 11.6 Å². The highest BCUT2D eigenvalue weighted by Crippen LogP contribution is 2.39. The van der Waals surface area contributed by atoms with Crippen LogP contribution in [-0.4, -0.2) is 59.6 Å². The summed E-state index contributed by atoms with van der Waals surface area (Å²) in [4.78, 5) is 17.3. The number of amides is 1. The van der Waals surface area contributed by atoms with Gasteiger partial charge in [0.25, 0.3) is 5.91 Å². The second-order valence-corrected chi connectivity index (χ2v) is 7.88. The number of β-amino-alcohol motifs (C(OH)–C–C–N with tert-alkyl or cyclic N) is 1. The molecule has 7 heteroatoms. The normalized spacial score (nSPS) is 18.3. The number of hydrogen-bond donors (Lipinski definition) is 1. The Morgan fingerprint density at radius 1 is 1.43 bits per heavy atom. The van der Waals surface area contributed by atoms with Crippen molar-refractivity contribution in [2.45, 2.75) is 13.0 Å². The summed E-state index contributed by atoms with van der Waals surface area (Å²) in [5.41, 5.74) is 0. The van der Waals surface area contributed by atoms with Crippen LogP contribution in [0.15, 0.2) is 11.4 Å². The lowest BCUT2D eigenvalue weighted by atomic mass is 10.2. The molecule has 21 heavy (non-hydrogen) atoms. The molecule has 1 unspecified atom stereocenters. The molecule has 1 atom stereocenters. The fourth-order valence-corrected chi connectivity index (χ4v) is 5.17. The van der Waals surface area contributed by atoms with Crippen LogP contribution in [0.1, 0.15) is 16.6 Å². The summed E-state index contributed by atoms with van der Waals surface area (Å²) in [6.07, 6.45) is -0.328. The average molecular weight is 345 g/mol. The minimum absolute atomic E-state index is 0.0325. The van der Waals surface area contributed by atoms with Gasteiger partial charge < -0.3 is 10.0 Å². The summed E-state index contributed by atoms with van der Waals surface area (Å²) in [7, 11) is 0. The first-order valence-electron chi connectivity index (χ1n) is 6.91. The van der Waals surface area contributed by atoms with Gasteiger partial charge in [-0.15, -0.1) is 22.7 Å². The van der Waals surface area contributed by atoms with Gasteiger partial charge in [-0.25, -0.2) is 0 Å². The number of piperazine rings is 1. The minimum Gasteiger partial charge on any atom is -0.392 e. The van der Waals surface area contributed by atoms with Gasteiger partial charge in [0.2, 0.25) is 0 Å². The van der Waals surface area contributed by atoms with E-state index in [0.717, 1.165) is 22.5 Å². The maximum atomic E-state index is 12.6. The van der Waals surface area contributed by atoms with E-state index in [-0.39, 0.29) is 12.0 Å². The highest BCUT2D eigenvalue weighted by molar-refractivity contribution is 7.38. The lowest BCUT2D eigenvalue weighted by Crippen LogP contribution is -2.50. The molecule has 3 heterocycles. The van der Waals surface area contributed by atoms with Gasteiger partial charge in [-0.3, -0.25) is 9.69 Å². The fourth-order valence-electron chi connectivity index (χ4n) is 2.59. The standard InChI is InChI=1S/C14H17ClN2O2S2/c1-9(18)8-16-3-5-17(6-4-16)13(19)12-11(15)10-2-7-20-14(10)21-12/h2,7,9,18H,3-6,8H2,1H3. The van der Waals surface area contributed by atoms with Crippen molar-refractivity contribution >= 4 is 49.6 Å². The van der Waals surface area contributed by atoms with E-state index >= 15 is 0 Å². The molecule has 2 aromatic heterocycles. The van der Waals surface area contributed by atoms with Crippen LogP contribution in [0.5, 0.6) is 0 Å². The first-order valence-corrected chi connectivity index (χ1v) is 8.99. The maximum absolute atomic E-state index is 12.6. The first-order chi connectivity index (χ1) is 10.1. The second kappa shape index (κ2) is 6.22. The van der Waals surface area contributed by atoms with E-state index in [2.05, 4.69) is 4.90 Å². The molecular weight excluding hydrogens is 328 g/mol. The zero-order chi connectivity index (χ0) is 15.0. The molecule has 1 aliphatic heterocycles. The van der Waals surface area contributed by atoms with Gasteiger partial charge in [0.1, 0.15) is 4.88 Å². The number of carbonyl (C=O) groups is 1. The molecule has 3 rings (SSSR count). The van der Waals surface area contributed by atoms with Crippen molar-refractivity contribution in [1.82, 2.24) is 9.80 Å². The third-order valence-electron chi connectivity index (χ3n) is 3.64. The Hall–Kier alpha value is -0.660. The maximum Gasteiger partial charge on any atom is 0.265 e. The van der Waals surface area contributed by atoms with Crippen LogP contribution in [-0.2, 0) is 0 Å². The number of nitrogens with zero attached hydrogens (tertiary/aromatic N) is 2. The van der Waals surface area contributed by atoms with E-state index in [9.17, 15) is 9.90 Å². The Morgan fingerprint density at radius 3 is 2.76 bits per heavy atom. The molecule has 0 bridgehead atoms. The summed E-state index contributed by atoms with van der Waals surface area (Å²) >= 11 is 9.44. The zero-order valence-corrected chi connectivity index (χ0v) is 14.1. The molecule has 1 N–H and O–H groups in total. The highest BCUT2D eigenvalue weighted by Gasteiger charge is 2.26. The number of halogens is 1. The molecule has 0 radical (unpaired) electrons. The largest absolute Gasteiger partial charge is 0.392 e. The Kier molecular flexibility index (Phi) is 4.51. The number of carbonyl (C=O) groups excluding carboxylic acids is 1. The zero-order valence-electron chi connectivity index (χ0n) is 11.7. The van der Waals surface area contributed by atoms with E-state index in [1.165, 1.54) is 11.3 Å². The van der Waals surface area contributed by atoms with Gasteiger partial charge in [0.05, 0.1) is 15.1 Å². The van der Waals surface area contributed by atoms with Crippen molar-refractivity contribution in [3.05, 3.63) is 21.3 Å². The predicted octanol–water partition coefficient (Wildman–Crippen LogP) is 2.75. The molecule has 1 saturated heterocycles. The highest BCUT2D eigenvalue weighted by atomic mass is 35.5. The van der Waals surface area contributed by atoms with Crippen LogP contribution < -0.4 is 0 Å². The quantitative estimate of drug-likeness (QED) is 0.931. The smallest absolute Gasteiger partial charge is 0.265 e. The number of aliphatic hydroxyl groups excluding tert-OH is 1. The number of aliphatic hydroxyl groups is 1. The van der Waals surface area contributed by atoms with Crippen molar-refractivity contribution in [2.75, 3.05) is 32.7 Å². The Balaban J connectivity index is 1.69. The molecule has 1 aliphatic rings. The number of hydrogen-bond acceptors (Lipinski definition) is 5. The van der Waals surface area contributed by atoms with Gasteiger partial charge >= 0.3 is 0 Å². The summed E-state index contributed by atoms with van der Waals surface area (Å²) in [6.45, 7) is 5.43. The van der Waals surface area contributed by atoms with Crippen LogP contribution in [0.25, 0.3) is 9.40 Å². The van der Waals surface area contributed by atoms with Gasteiger partial charge in [0, 0.05) is 38.1 Å². The Bertz CT molecular complexity index is 644. The fraction of sp³-hybridized carbons (Fsp3) is 0.500. The van der Waals surface area contributed by atoms with Crippen LogP contribution in [0.2, 0.25) is 5.02 Å². The molecule has 0 saturated carbocycles. The summed E-state index contributed by atoms with van der Waals surface area (Å²) in [5, 5.41) is 13.0. The number of thiophene rings is 2. The summed E-state index contributed by atoms with van der Waals surface area (Å²) in [6, 6.07) is 1.97. The molecule has 2 aromatic rings. The third-order valence-corrected chi connectivity index (χ3v) is 6.37. The van der Waals surface area contributed by atoms with Crippen LogP contribution >= 0.6 is 34.3 Å². The van der Waals surface area contributed by atoms with E-state index < -0.39 is 0 Å². The van der Waals surface area contributed by atoms with Gasteiger partial charge in [-0.05, 0) is 18.4 Å². The lowest BCUT2D eigenvalue weighted by molar-refractivity contribution is 0.0558. The number of fused-ring (bicyclic) bond motifs is 1. The third kappa shape index (κ3) is 3.10. The average Bonchev–Trinajstić information content (AvgIpc) is 3.02. The molecule has 1 amide bonds. The van der Waals surface area contributed by atoms with Crippen LogP contribution in [0, 0.1) is 0 Å². The summed E-state index contributed by atoms with van der Waals surface area (Å²) < 4.78 is 1.11. The molecule has 4 nitrogen and oxygen atoms in total. The van der Waals surface area contributed by atoms with E-state index in [0.29, 0.717) is 29.5 Å². The van der Waals surface area contributed by atoms with Crippen molar-refractivity contribution in [2.24, 2.45) is 0 Å². The molecule has 0 aromatic carbocycles. The van der Waals surface area contributed by atoms with Gasteiger partial charge in [0.15, 0.2) is 0 Å². The Labute approximate surface area is 136 Å². The Morgan fingerprint density at radius 2 is 2.14 bits per heavy atom. The summed E-state index contributed by atoms with van der Waals surface area (Å²) in [5.74, 6) is 0.0325. The van der Waals surface area contributed by atoms with Crippen molar-refractivity contribution < 1.29 is 9.90 Å². The minimum atomic E-state index is -0.328. The predicted molar refractivity (Wildman–Crippen MR) is 88.7 cm³/mol.